The zero-order valence-corrected chi connectivity index (χ0v) is 15.9. The second-order valence-electron chi connectivity index (χ2n) is 8.23. The third kappa shape index (κ3) is 5.46. The Balaban J connectivity index is 1.37. The fourth-order valence-electron chi connectivity index (χ4n) is 3.31. The van der Waals surface area contributed by atoms with Gasteiger partial charge in [-0.2, -0.15) is 0 Å². The van der Waals surface area contributed by atoms with Crippen LogP contribution in [0.2, 0.25) is 0 Å². The van der Waals surface area contributed by atoms with Crippen molar-refractivity contribution in [3.05, 3.63) is 29.8 Å². The smallest absolute Gasteiger partial charge is 0.228 e. The molecule has 25 heavy (non-hydrogen) atoms. The van der Waals surface area contributed by atoms with Gasteiger partial charge in [0.25, 0.3) is 0 Å². The molecule has 1 saturated carbocycles. The van der Waals surface area contributed by atoms with E-state index in [1.165, 1.54) is 18.4 Å². The van der Waals surface area contributed by atoms with Crippen LogP contribution in [0.4, 0.5) is 0 Å². The van der Waals surface area contributed by atoms with Crippen LogP contribution in [0.15, 0.2) is 24.3 Å². The van der Waals surface area contributed by atoms with Gasteiger partial charge in [-0.1, -0.05) is 26.0 Å². The van der Waals surface area contributed by atoms with Gasteiger partial charge in [0, 0.05) is 33.2 Å². The molecule has 4 heteroatoms. The summed E-state index contributed by atoms with van der Waals surface area (Å²) < 4.78 is 5.76. The average Bonchev–Trinajstić information content (AvgIpc) is 3.35. The van der Waals surface area contributed by atoms with Crippen LogP contribution in [0.5, 0.6) is 5.75 Å². The minimum atomic E-state index is 0.197. The molecule has 0 bridgehead atoms. The van der Waals surface area contributed by atoms with Gasteiger partial charge in [-0.05, 0) is 48.8 Å². The van der Waals surface area contributed by atoms with Crippen LogP contribution in [-0.2, 0) is 11.3 Å². The number of hydrogen-bond donors (Lipinski definition) is 0. The summed E-state index contributed by atoms with van der Waals surface area (Å²) in [5.41, 5.74) is 1.29. The van der Waals surface area contributed by atoms with E-state index in [1.54, 1.807) is 0 Å². The van der Waals surface area contributed by atoms with Crippen molar-refractivity contribution >= 4 is 5.91 Å². The van der Waals surface area contributed by atoms with E-state index in [0.717, 1.165) is 50.9 Å². The Labute approximate surface area is 152 Å². The molecule has 1 heterocycles. The first-order chi connectivity index (χ1) is 12.0. The molecule has 0 N–H and O–H groups in total. The van der Waals surface area contributed by atoms with Crippen molar-refractivity contribution in [1.29, 1.82) is 0 Å². The summed E-state index contributed by atoms with van der Waals surface area (Å²) in [7, 11) is 1.96. The zero-order valence-electron chi connectivity index (χ0n) is 15.9. The number of hydrogen-bond acceptors (Lipinski definition) is 3. The number of amides is 1. The average molecular weight is 344 g/mol. The monoisotopic (exact) mass is 344 g/mol. The summed E-state index contributed by atoms with van der Waals surface area (Å²) in [6, 6.07) is 8.39. The van der Waals surface area contributed by atoms with Gasteiger partial charge >= 0.3 is 0 Å². The number of benzene rings is 1. The van der Waals surface area contributed by atoms with E-state index < -0.39 is 0 Å². The molecule has 0 aromatic heterocycles. The molecule has 0 radical (unpaired) electrons. The number of likely N-dealkylation sites (tertiary alicyclic amines) is 1. The second kappa shape index (κ2) is 8.22. The van der Waals surface area contributed by atoms with Crippen LogP contribution in [0.25, 0.3) is 0 Å². The molecule has 2 fully saturated rings. The van der Waals surface area contributed by atoms with E-state index in [1.807, 2.05) is 11.9 Å². The predicted molar refractivity (Wildman–Crippen MR) is 101 cm³/mol. The molecule has 1 saturated heterocycles. The van der Waals surface area contributed by atoms with Crippen LogP contribution < -0.4 is 4.74 Å². The number of carbonyl (C=O) groups is 1. The van der Waals surface area contributed by atoms with Crippen LogP contribution in [0, 0.1) is 17.8 Å². The molecule has 3 rings (SSSR count). The first kappa shape index (κ1) is 18.2. The molecule has 2 aliphatic rings. The third-order valence-corrected chi connectivity index (χ3v) is 5.21. The summed E-state index contributed by atoms with van der Waals surface area (Å²) in [5.74, 6) is 2.92. The predicted octanol–water partition coefficient (Wildman–Crippen LogP) is 3.41. The number of nitrogens with zero attached hydrogens (tertiary/aromatic N) is 2. The maximum Gasteiger partial charge on any atom is 0.228 e. The van der Waals surface area contributed by atoms with Crippen molar-refractivity contribution in [3.8, 4) is 5.75 Å². The van der Waals surface area contributed by atoms with E-state index in [-0.39, 0.29) is 5.92 Å². The molecule has 1 aromatic rings. The quantitative estimate of drug-likeness (QED) is 0.688. The van der Waals surface area contributed by atoms with Crippen molar-refractivity contribution in [2.45, 2.75) is 39.7 Å². The third-order valence-electron chi connectivity index (χ3n) is 5.21. The lowest BCUT2D eigenvalue weighted by Crippen LogP contribution is -2.53. The Kier molecular flexibility index (Phi) is 6.00. The topological polar surface area (TPSA) is 32.8 Å². The number of ether oxygens (including phenoxy) is 1. The molecule has 1 aliphatic carbocycles. The largest absolute Gasteiger partial charge is 0.494 e. The van der Waals surface area contributed by atoms with E-state index >= 15 is 0 Å². The SMILES string of the molecule is CC(C)CCOc1ccc(CN2CC(C(=O)N(C)CC3CC3)C2)cc1. The first-order valence-corrected chi connectivity index (χ1v) is 9.70. The number of carbonyl (C=O) groups excluding carboxylic acids is 1. The molecule has 1 amide bonds. The lowest BCUT2D eigenvalue weighted by molar-refractivity contribution is -0.140. The van der Waals surface area contributed by atoms with Gasteiger partial charge in [0.05, 0.1) is 12.5 Å². The highest BCUT2D eigenvalue weighted by atomic mass is 16.5. The van der Waals surface area contributed by atoms with Crippen LogP contribution >= 0.6 is 0 Å². The molecule has 1 aromatic carbocycles. The van der Waals surface area contributed by atoms with Crippen LogP contribution in [0.1, 0.15) is 38.7 Å². The van der Waals surface area contributed by atoms with Crippen LogP contribution in [-0.4, -0.2) is 49.0 Å². The molecule has 4 nitrogen and oxygen atoms in total. The fourth-order valence-corrected chi connectivity index (χ4v) is 3.31. The van der Waals surface area contributed by atoms with Gasteiger partial charge in [-0.15, -0.1) is 0 Å². The molecular formula is C21H32N2O2. The van der Waals surface area contributed by atoms with Gasteiger partial charge in [0.15, 0.2) is 0 Å². The molecule has 0 unspecified atom stereocenters. The summed E-state index contributed by atoms with van der Waals surface area (Å²) in [4.78, 5) is 16.7. The fraction of sp³-hybridized carbons (Fsp3) is 0.667. The van der Waals surface area contributed by atoms with Gasteiger partial charge in [-0.3, -0.25) is 9.69 Å². The van der Waals surface area contributed by atoms with Crippen molar-refractivity contribution < 1.29 is 9.53 Å². The lowest BCUT2D eigenvalue weighted by Gasteiger charge is -2.40. The van der Waals surface area contributed by atoms with Crippen LogP contribution in [0.3, 0.4) is 0 Å². The molecule has 0 atom stereocenters. The summed E-state index contributed by atoms with van der Waals surface area (Å²) in [5, 5.41) is 0. The Morgan fingerprint density at radius 1 is 1.24 bits per heavy atom. The van der Waals surface area contributed by atoms with E-state index in [0.29, 0.717) is 11.8 Å². The normalized spacial score (nSPS) is 18.2. The minimum Gasteiger partial charge on any atom is -0.494 e. The van der Waals surface area contributed by atoms with Crippen molar-refractivity contribution in [3.63, 3.8) is 0 Å². The highest BCUT2D eigenvalue weighted by Gasteiger charge is 2.35. The number of rotatable bonds is 9. The summed E-state index contributed by atoms with van der Waals surface area (Å²) in [6.07, 6.45) is 3.68. The standard InChI is InChI=1S/C21H32N2O2/c1-16(2)10-11-25-20-8-6-18(7-9-20)13-23-14-19(15-23)21(24)22(3)12-17-4-5-17/h6-9,16-17,19H,4-5,10-15H2,1-3H3. The molecule has 1 aliphatic heterocycles. The Hall–Kier alpha value is -1.55. The van der Waals surface area contributed by atoms with E-state index in [4.69, 9.17) is 4.74 Å². The minimum absolute atomic E-state index is 0.197. The second-order valence-corrected chi connectivity index (χ2v) is 8.23. The van der Waals surface area contributed by atoms with Crippen molar-refractivity contribution in [1.82, 2.24) is 9.80 Å². The highest BCUT2D eigenvalue weighted by Crippen LogP contribution is 2.30. The Morgan fingerprint density at radius 2 is 1.92 bits per heavy atom. The maximum absolute atomic E-state index is 12.4. The Morgan fingerprint density at radius 3 is 2.52 bits per heavy atom. The first-order valence-electron chi connectivity index (χ1n) is 9.70. The van der Waals surface area contributed by atoms with Gasteiger partial charge in [-0.25, -0.2) is 0 Å². The molecule has 138 valence electrons. The van der Waals surface area contributed by atoms with Gasteiger partial charge in [0.2, 0.25) is 5.91 Å². The van der Waals surface area contributed by atoms with Crippen molar-refractivity contribution in [2.24, 2.45) is 17.8 Å². The van der Waals surface area contributed by atoms with E-state index in [2.05, 4.69) is 43.0 Å². The molecule has 0 spiro atoms. The van der Waals surface area contributed by atoms with Gasteiger partial charge in [0.1, 0.15) is 5.75 Å². The lowest BCUT2D eigenvalue weighted by atomic mass is 9.97. The van der Waals surface area contributed by atoms with Crippen molar-refractivity contribution in [2.75, 3.05) is 33.3 Å². The van der Waals surface area contributed by atoms with E-state index in [9.17, 15) is 4.79 Å². The highest BCUT2D eigenvalue weighted by molar-refractivity contribution is 5.80. The summed E-state index contributed by atoms with van der Waals surface area (Å²) >= 11 is 0. The zero-order chi connectivity index (χ0) is 17.8. The molecular weight excluding hydrogens is 312 g/mol. The summed E-state index contributed by atoms with van der Waals surface area (Å²) in [6.45, 7) is 8.85. The Bertz CT molecular complexity index is 560. The van der Waals surface area contributed by atoms with Gasteiger partial charge < -0.3 is 9.64 Å². The maximum atomic E-state index is 12.4.